The van der Waals surface area contributed by atoms with E-state index in [2.05, 4.69) is 24.8 Å². The number of aromatic carboxylic acids is 1. The Labute approximate surface area is 312 Å². The summed E-state index contributed by atoms with van der Waals surface area (Å²) in [6.45, 7) is 2.04. The summed E-state index contributed by atoms with van der Waals surface area (Å²) in [6, 6.07) is 11.3. The van der Waals surface area contributed by atoms with Gasteiger partial charge in [0.25, 0.3) is 11.9 Å². The van der Waals surface area contributed by atoms with Crippen molar-refractivity contribution in [2.24, 2.45) is 4.99 Å². The molecular weight excluding hydrogens is 723 g/mol. The number of nitrogen functional groups attached to an aromatic ring is 1. The van der Waals surface area contributed by atoms with Gasteiger partial charge in [-0.3, -0.25) is 19.4 Å². The SMILES string of the molecule is COc1cc(Cc2cnc(/N=C3/C(=O)N(CN4CCN(c5cc6[nH]cc(C(=O)O)c(=O)c6cc5F)CC4)c4ccc(Cl)cc43)nc2N)cc(OC)c1OC. The molecule has 15 nitrogen and oxygen atoms in total. The molecule has 0 saturated carbocycles. The Balaban J connectivity index is 1.08. The largest absolute Gasteiger partial charge is 0.493 e. The van der Waals surface area contributed by atoms with Crippen molar-refractivity contribution in [2.75, 3.05) is 69.7 Å². The summed E-state index contributed by atoms with van der Waals surface area (Å²) in [6.07, 6.45) is 3.03. The molecule has 1 saturated heterocycles. The Hall–Kier alpha value is -6.26. The van der Waals surface area contributed by atoms with E-state index in [1.54, 1.807) is 29.3 Å². The average molecular weight is 757 g/mol. The number of hydrogen-bond donors (Lipinski definition) is 3. The van der Waals surface area contributed by atoms with Gasteiger partial charge in [0.1, 0.15) is 22.9 Å². The lowest BCUT2D eigenvalue weighted by molar-refractivity contribution is -0.112. The second-order valence-electron chi connectivity index (χ2n) is 12.6. The van der Waals surface area contributed by atoms with Crippen LogP contribution in [0.2, 0.25) is 5.02 Å². The molecule has 0 atom stereocenters. The number of halogens is 2. The fourth-order valence-corrected chi connectivity index (χ4v) is 6.82. The number of nitrogens with zero attached hydrogens (tertiary/aromatic N) is 6. The zero-order chi connectivity index (χ0) is 38.3. The van der Waals surface area contributed by atoms with Gasteiger partial charge in [-0.2, -0.15) is 4.98 Å². The minimum atomic E-state index is -1.39. The first-order chi connectivity index (χ1) is 26.0. The summed E-state index contributed by atoms with van der Waals surface area (Å²) in [7, 11) is 4.60. The van der Waals surface area contributed by atoms with Crippen LogP contribution in [0.4, 0.5) is 27.5 Å². The van der Waals surface area contributed by atoms with Gasteiger partial charge in [-0.1, -0.05) is 11.6 Å². The number of aliphatic imine (C=N–C) groups is 1. The summed E-state index contributed by atoms with van der Waals surface area (Å²) in [5.41, 5.74) is 8.44. The van der Waals surface area contributed by atoms with E-state index in [-0.39, 0.29) is 41.1 Å². The van der Waals surface area contributed by atoms with Gasteiger partial charge in [-0.05, 0) is 48.0 Å². The maximum Gasteiger partial charge on any atom is 0.341 e. The number of benzene rings is 3. The number of pyridine rings is 1. The fraction of sp³-hybridized carbons (Fsp3) is 0.243. The van der Waals surface area contributed by atoms with Crippen LogP contribution < -0.4 is 35.2 Å². The first-order valence-corrected chi connectivity index (χ1v) is 17.0. The predicted octanol–water partition coefficient (Wildman–Crippen LogP) is 4.25. The summed E-state index contributed by atoms with van der Waals surface area (Å²) in [5.74, 6) is -0.757. The van der Waals surface area contributed by atoms with Crippen LogP contribution in [0.25, 0.3) is 10.9 Å². The molecule has 0 bridgehead atoms. The van der Waals surface area contributed by atoms with Crippen molar-refractivity contribution in [3.05, 3.63) is 98.2 Å². The predicted molar refractivity (Wildman–Crippen MR) is 201 cm³/mol. The lowest BCUT2D eigenvalue weighted by atomic mass is 10.1. The number of carbonyl (C=O) groups is 2. The number of piperazine rings is 1. The molecule has 3 aromatic carbocycles. The number of ether oxygens (including phenoxy) is 3. The van der Waals surface area contributed by atoms with Gasteiger partial charge in [0.05, 0.1) is 44.9 Å². The number of methoxy groups -OCH3 is 3. The first-order valence-electron chi connectivity index (χ1n) is 16.7. The van der Waals surface area contributed by atoms with Crippen molar-refractivity contribution in [2.45, 2.75) is 6.42 Å². The monoisotopic (exact) mass is 756 g/mol. The van der Waals surface area contributed by atoms with E-state index in [4.69, 9.17) is 31.5 Å². The van der Waals surface area contributed by atoms with E-state index >= 15 is 4.39 Å². The quantitative estimate of drug-likeness (QED) is 0.184. The number of aromatic nitrogens is 3. The molecule has 1 fully saturated rings. The van der Waals surface area contributed by atoms with Crippen LogP contribution in [0.5, 0.6) is 17.2 Å². The molecule has 2 aliphatic heterocycles. The Bertz CT molecular complexity index is 2390. The Morgan fingerprint density at radius 1 is 1.02 bits per heavy atom. The summed E-state index contributed by atoms with van der Waals surface area (Å²) in [5, 5.41) is 9.64. The summed E-state index contributed by atoms with van der Waals surface area (Å²) < 4.78 is 31.6. The highest BCUT2D eigenvalue weighted by Gasteiger charge is 2.36. The molecule has 0 radical (unpaired) electrons. The number of anilines is 3. The van der Waals surface area contributed by atoms with E-state index in [9.17, 15) is 19.5 Å². The molecule has 54 heavy (non-hydrogen) atoms. The molecule has 7 rings (SSSR count). The van der Waals surface area contributed by atoms with Crippen molar-refractivity contribution in [3.63, 3.8) is 0 Å². The topological polar surface area (TPSA) is 189 Å². The number of fused-ring (bicyclic) bond motifs is 2. The fourth-order valence-electron chi connectivity index (χ4n) is 6.65. The number of carboxylic acids is 1. The van der Waals surface area contributed by atoms with Gasteiger partial charge in [0, 0.05) is 66.5 Å². The number of hydrogen-bond acceptors (Lipinski definition) is 12. The van der Waals surface area contributed by atoms with Crippen LogP contribution in [-0.4, -0.2) is 96.7 Å². The highest BCUT2D eigenvalue weighted by molar-refractivity contribution is 6.55. The van der Waals surface area contributed by atoms with E-state index < -0.39 is 22.8 Å². The third kappa shape index (κ3) is 6.72. The van der Waals surface area contributed by atoms with E-state index in [1.165, 1.54) is 27.4 Å². The lowest BCUT2D eigenvalue weighted by Gasteiger charge is -2.37. The van der Waals surface area contributed by atoms with Gasteiger partial charge < -0.3 is 34.9 Å². The second-order valence-corrected chi connectivity index (χ2v) is 13.0. The first kappa shape index (κ1) is 36.1. The van der Waals surface area contributed by atoms with Gasteiger partial charge in [-0.15, -0.1) is 0 Å². The number of nitrogens with one attached hydrogen (secondary N) is 1. The van der Waals surface area contributed by atoms with Crippen LogP contribution in [0.15, 0.2) is 64.6 Å². The minimum absolute atomic E-state index is 0.00354. The highest BCUT2D eigenvalue weighted by atomic mass is 35.5. The Morgan fingerprint density at radius 2 is 1.74 bits per heavy atom. The van der Waals surface area contributed by atoms with Gasteiger partial charge in [-0.25, -0.2) is 19.2 Å². The highest BCUT2D eigenvalue weighted by Crippen LogP contribution is 2.39. The van der Waals surface area contributed by atoms with Crippen molar-refractivity contribution in [1.29, 1.82) is 0 Å². The number of amides is 1. The summed E-state index contributed by atoms with van der Waals surface area (Å²) in [4.78, 5) is 59.5. The molecule has 17 heteroatoms. The standard InChI is InChI=1S/C37H34ClFN8O7/c1-52-29-11-19(12-30(53-2)33(29)54-3)10-20-16-42-37(44-34(20)40)43-31-23-13-21(38)4-5-27(23)47(35(31)49)18-45-6-8-46(9-7-45)28-15-26-22(14-25(28)39)32(48)24(17-41-26)36(50)51/h4-5,11-17H,6-10,18H2,1-3H3,(H,41,48)(H,50,51)(H2,40,42,44)/b43-31+. The van der Waals surface area contributed by atoms with Gasteiger partial charge in [0.2, 0.25) is 11.2 Å². The Morgan fingerprint density at radius 3 is 2.39 bits per heavy atom. The van der Waals surface area contributed by atoms with E-state index in [0.717, 1.165) is 17.8 Å². The smallest absolute Gasteiger partial charge is 0.341 e. The molecule has 5 aromatic rings. The molecule has 0 unspecified atom stereocenters. The third-order valence-corrected chi connectivity index (χ3v) is 9.64. The molecule has 0 spiro atoms. The van der Waals surface area contributed by atoms with Crippen molar-refractivity contribution in [1.82, 2.24) is 19.9 Å². The zero-order valence-electron chi connectivity index (χ0n) is 29.4. The normalized spacial score (nSPS) is 15.2. The molecule has 2 aliphatic rings. The molecule has 4 heterocycles. The van der Waals surface area contributed by atoms with Crippen molar-refractivity contribution in [3.8, 4) is 17.2 Å². The third-order valence-electron chi connectivity index (χ3n) is 9.40. The van der Waals surface area contributed by atoms with E-state index in [1.807, 2.05) is 17.0 Å². The maximum atomic E-state index is 15.3. The molecule has 1 amide bonds. The molecule has 0 aliphatic carbocycles. The van der Waals surface area contributed by atoms with Crippen LogP contribution >= 0.6 is 11.6 Å². The molecular formula is C37H34ClFN8O7. The van der Waals surface area contributed by atoms with Crippen LogP contribution in [-0.2, 0) is 11.2 Å². The van der Waals surface area contributed by atoms with Crippen molar-refractivity contribution < 1.29 is 33.3 Å². The number of rotatable bonds is 10. The van der Waals surface area contributed by atoms with Gasteiger partial charge in [0.15, 0.2) is 11.5 Å². The van der Waals surface area contributed by atoms with Crippen molar-refractivity contribution >= 4 is 63.2 Å². The number of H-pyrrole nitrogens is 1. The van der Waals surface area contributed by atoms with Crippen LogP contribution in [0.1, 0.15) is 27.0 Å². The zero-order valence-corrected chi connectivity index (χ0v) is 30.1. The number of nitrogens with two attached hydrogens (primary N) is 1. The minimum Gasteiger partial charge on any atom is -0.493 e. The van der Waals surface area contributed by atoms with Crippen LogP contribution in [0, 0.1) is 5.82 Å². The molecule has 4 N–H and O–H groups in total. The second kappa shape index (κ2) is 14.6. The molecule has 2 aromatic heterocycles. The Kier molecular flexibility index (Phi) is 9.79. The number of carboxylic acid groups (broad SMARTS) is 1. The average Bonchev–Trinajstić information content (AvgIpc) is 3.40. The van der Waals surface area contributed by atoms with Crippen LogP contribution in [0.3, 0.4) is 0 Å². The number of aromatic amines is 1. The molecule has 278 valence electrons. The lowest BCUT2D eigenvalue weighted by Crippen LogP contribution is -2.51. The van der Waals surface area contributed by atoms with E-state index in [0.29, 0.717) is 77.2 Å². The maximum absolute atomic E-state index is 15.3. The number of carbonyl (C=O) groups excluding carboxylic acids is 1. The summed E-state index contributed by atoms with van der Waals surface area (Å²) >= 11 is 6.36. The van der Waals surface area contributed by atoms with Gasteiger partial charge >= 0.3 is 5.97 Å².